The molecular formula is C10H11N3O5. The van der Waals surface area contributed by atoms with Crippen LogP contribution in [0.4, 0.5) is 4.79 Å². The topological polar surface area (TPSA) is 116 Å². The molecule has 8 heteroatoms. The predicted molar refractivity (Wildman–Crippen MR) is 57.4 cm³/mol. The van der Waals surface area contributed by atoms with E-state index < -0.39 is 29.4 Å². The molecule has 0 aromatic carbocycles. The molecule has 2 rings (SSSR count). The van der Waals surface area contributed by atoms with Crippen molar-refractivity contribution in [2.75, 3.05) is 13.1 Å². The van der Waals surface area contributed by atoms with E-state index in [-0.39, 0.29) is 13.1 Å². The molecule has 0 bridgehead atoms. The molecule has 0 aromatic heterocycles. The first-order chi connectivity index (χ1) is 8.43. The van der Waals surface area contributed by atoms with Crippen molar-refractivity contribution in [1.29, 1.82) is 0 Å². The molecule has 96 valence electrons. The van der Waals surface area contributed by atoms with Gasteiger partial charge in [0.05, 0.1) is 6.54 Å². The van der Waals surface area contributed by atoms with Crippen LogP contribution in [0.3, 0.4) is 0 Å². The summed E-state index contributed by atoms with van der Waals surface area (Å²) in [5.41, 5.74) is -1.07. The Morgan fingerprint density at radius 1 is 1.33 bits per heavy atom. The van der Waals surface area contributed by atoms with Crippen LogP contribution in [0.15, 0.2) is 12.2 Å². The van der Waals surface area contributed by atoms with Gasteiger partial charge in [0.1, 0.15) is 5.54 Å². The Hall–Kier alpha value is -2.38. The molecule has 2 aliphatic heterocycles. The van der Waals surface area contributed by atoms with Gasteiger partial charge in [0.2, 0.25) is 5.91 Å². The molecule has 3 N–H and O–H groups in total. The van der Waals surface area contributed by atoms with Crippen molar-refractivity contribution in [2.45, 2.75) is 12.0 Å². The second kappa shape index (κ2) is 4.13. The quantitative estimate of drug-likeness (QED) is 0.406. The molecule has 2 fully saturated rings. The lowest BCUT2D eigenvalue weighted by Crippen LogP contribution is -2.49. The van der Waals surface area contributed by atoms with E-state index in [1.165, 1.54) is 4.90 Å². The number of amides is 4. The molecule has 8 nitrogen and oxygen atoms in total. The SMILES string of the molecule is O=C(O)/C=C/C(=O)N1CCC2(C1)NC(=O)NC2=O. The first-order valence-electron chi connectivity index (χ1n) is 5.26. The van der Waals surface area contributed by atoms with Crippen LogP contribution < -0.4 is 10.6 Å². The number of imide groups is 1. The number of urea groups is 1. The largest absolute Gasteiger partial charge is 0.478 e. The monoisotopic (exact) mass is 253 g/mol. The van der Waals surface area contributed by atoms with Gasteiger partial charge in [0, 0.05) is 18.7 Å². The lowest BCUT2D eigenvalue weighted by atomic mass is 10.00. The third kappa shape index (κ3) is 2.04. The predicted octanol–water partition coefficient (Wildman–Crippen LogP) is -1.56. The fourth-order valence-electron chi connectivity index (χ4n) is 2.06. The minimum Gasteiger partial charge on any atom is -0.478 e. The molecule has 1 unspecified atom stereocenters. The molecule has 0 aromatic rings. The minimum absolute atomic E-state index is 0.0490. The zero-order valence-corrected chi connectivity index (χ0v) is 9.30. The zero-order valence-electron chi connectivity index (χ0n) is 9.30. The molecule has 1 spiro atoms. The number of hydrogen-bond donors (Lipinski definition) is 3. The molecule has 0 radical (unpaired) electrons. The van der Waals surface area contributed by atoms with Crippen LogP contribution in [-0.4, -0.2) is 52.4 Å². The number of rotatable bonds is 2. The van der Waals surface area contributed by atoms with Crippen LogP contribution >= 0.6 is 0 Å². The van der Waals surface area contributed by atoms with Gasteiger partial charge in [-0.05, 0) is 6.42 Å². The fourth-order valence-corrected chi connectivity index (χ4v) is 2.06. The van der Waals surface area contributed by atoms with E-state index >= 15 is 0 Å². The van der Waals surface area contributed by atoms with Gasteiger partial charge < -0.3 is 15.3 Å². The summed E-state index contributed by atoms with van der Waals surface area (Å²) < 4.78 is 0. The van der Waals surface area contributed by atoms with Crippen molar-refractivity contribution in [1.82, 2.24) is 15.5 Å². The normalized spacial score (nSPS) is 26.8. The number of hydrogen-bond acceptors (Lipinski definition) is 4. The van der Waals surface area contributed by atoms with Crippen LogP contribution in [0.2, 0.25) is 0 Å². The maximum Gasteiger partial charge on any atom is 0.328 e. The van der Waals surface area contributed by atoms with E-state index in [2.05, 4.69) is 10.6 Å². The maximum absolute atomic E-state index is 11.6. The number of nitrogens with zero attached hydrogens (tertiary/aromatic N) is 1. The minimum atomic E-state index is -1.22. The van der Waals surface area contributed by atoms with Gasteiger partial charge in [-0.25, -0.2) is 9.59 Å². The summed E-state index contributed by atoms with van der Waals surface area (Å²) in [5.74, 6) is -2.17. The summed E-state index contributed by atoms with van der Waals surface area (Å²) >= 11 is 0. The van der Waals surface area contributed by atoms with E-state index in [4.69, 9.17) is 5.11 Å². The Balaban J connectivity index is 2.04. The summed E-state index contributed by atoms with van der Waals surface area (Å²) in [7, 11) is 0. The molecule has 0 saturated carbocycles. The van der Waals surface area contributed by atoms with Gasteiger partial charge in [-0.15, -0.1) is 0 Å². The molecular weight excluding hydrogens is 242 g/mol. The highest BCUT2D eigenvalue weighted by Crippen LogP contribution is 2.24. The van der Waals surface area contributed by atoms with Gasteiger partial charge in [-0.3, -0.25) is 14.9 Å². The van der Waals surface area contributed by atoms with Crippen molar-refractivity contribution in [3.05, 3.63) is 12.2 Å². The van der Waals surface area contributed by atoms with E-state index in [1.807, 2.05) is 0 Å². The van der Waals surface area contributed by atoms with Gasteiger partial charge in [-0.1, -0.05) is 0 Å². The highest BCUT2D eigenvalue weighted by atomic mass is 16.4. The summed E-state index contributed by atoms with van der Waals surface area (Å²) in [6, 6.07) is -0.574. The Morgan fingerprint density at radius 2 is 2.06 bits per heavy atom. The smallest absolute Gasteiger partial charge is 0.328 e. The molecule has 18 heavy (non-hydrogen) atoms. The van der Waals surface area contributed by atoms with Gasteiger partial charge in [-0.2, -0.15) is 0 Å². The second-order valence-electron chi connectivity index (χ2n) is 4.17. The molecule has 0 aliphatic carbocycles. The van der Waals surface area contributed by atoms with E-state index in [9.17, 15) is 19.2 Å². The second-order valence-corrected chi connectivity index (χ2v) is 4.17. The Kier molecular flexibility index (Phi) is 2.77. The van der Waals surface area contributed by atoms with Gasteiger partial charge >= 0.3 is 12.0 Å². The lowest BCUT2D eigenvalue weighted by molar-refractivity contribution is -0.132. The molecule has 2 heterocycles. The third-order valence-corrected chi connectivity index (χ3v) is 2.96. The number of carboxylic acid groups (broad SMARTS) is 1. The van der Waals surface area contributed by atoms with Crippen LogP contribution in [-0.2, 0) is 14.4 Å². The first kappa shape index (κ1) is 12.1. The standard InChI is InChI=1S/C10H11N3O5/c14-6(1-2-7(15)16)13-4-3-10(5-13)8(17)11-9(18)12-10/h1-2H,3-5H2,(H,15,16)(H2,11,12,17,18)/b2-1+. The Morgan fingerprint density at radius 3 is 2.61 bits per heavy atom. The highest BCUT2D eigenvalue weighted by Gasteiger charge is 2.51. The first-order valence-corrected chi connectivity index (χ1v) is 5.26. The zero-order chi connectivity index (χ0) is 13.3. The van der Waals surface area contributed by atoms with Crippen LogP contribution in [0.25, 0.3) is 0 Å². The van der Waals surface area contributed by atoms with E-state index in [1.54, 1.807) is 0 Å². The summed E-state index contributed by atoms with van der Waals surface area (Å²) in [6.45, 7) is 0.337. The molecule has 4 amide bonds. The van der Waals surface area contributed by atoms with Crippen molar-refractivity contribution in [2.24, 2.45) is 0 Å². The van der Waals surface area contributed by atoms with E-state index in [0.29, 0.717) is 6.42 Å². The van der Waals surface area contributed by atoms with E-state index in [0.717, 1.165) is 12.2 Å². The molecule has 1 atom stereocenters. The maximum atomic E-state index is 11.6. The summed E-state index contributed by atoms with van der Waals surface area (Å²) in [6.07, 6.45) is 1.98. The average molecular weight is 253 g/mol. The highest BCUT2D eigenvalue weighted by molar-refractivity contribution is 6.08. The fraction of sp³-hybridized carbons (Fsp3) is 0.400. The molecule has 2 saturated heterocycles. The molecule has 2 aliphatic rings. The van der Waals surface area contributed by atoms with Crippen LogP contribution in [0, 0.1) is 0 Å². The summed E-state index contributed by atoms with van der Waals surface area (Å²) in [4.78, 5) is 45.9. The number of carbonyl (C=O) groups excluding carboxylic acids is 3. The lowest BCUT2D eigenvalue weighted by Gasteiger charge is -2.20. The Labute approximate surface area is 102 Å². The van der Waals surface area contributed by atoms with Crippen molar-refractivity contribution in [3.8, 4) is 0 Å². The van der Waals surface area contributed by atoms with Crippen LogP contribution in [0.5, 0.6) is 0 Å². The van der Waals surface area contributed by atoms with Crippen LogP contribution in [0.1, 0.15) is 6.42 Å². The third-order valence-electron chi connectivity index (χ3n) is 2.96. The Bertz CT molecular complexity index is 472. The average Bonchev–Trinajstić information content (AvgIpc) is 2.81. The number of nitrogens with one attached hydrogen (secondary N) is 2. The number of carbonyl (C=O) groups is 4. The number of likely N-dealkylation sites (tertiary alicyclic amines) is 1. The number of carboxylic acids is 1. The number of aliphatic carboxylic acids is 1. The van der Waals surface area contributed by atoms with Crippen molar-refractivity contribution >= 4 is 23.8 Å². The van der Waals surface area contributed by atoms with Crippen molar-refractivity contribution < 1.29 is 24.3 Å². The van der Waals surface area contributed by atoms with Gasteiger partial charge in [0.15, 0.2) is 0 Å². The van der Waals surface area contributed by atoms with Gasteiger partial charge in [0.25, 0.3) is 5.91 Å². The van der Waals surface area contributed by atoms with Crippen molar-refractivity contribution in [3.63, 3.8) is 0 Å². The summed E-state index contributed by atoms with van der Waals surface area (Å²) in [5, 5.41) is 13.0.